The van der Waals surface area contributed by atoms with Crippen molar-refractivity contribution in [2.75, 3.05) is 24.6 Å². The summed E-state index contributed by atoms with van der Waals surface area (Å²) in [6, 6.07) is 0. The van der Waals surface area contributed by atoms with Gasteiger partial charge in [-0.1, -0.05) is 5.10 Å². The van der Waals surface area contributed by atoms with Crippen molar-refractivity contribution in [3.8, 4) is 0 Å². The summed E-state index contributed by atoms with van der Waals surface area (Å²) in [4.78, 5) is 1.69. The number of rotatable bonds is 2. The van der Waals surface area contributed by atoms with Crippen LogP contribution in [0.15, 0.2) is 0 Å². The van der Waals surface area contributed by atoms with Gasteiger partial charge < -0.3 is 10.0 Å². The first kappa shape index (κ1) is 13.1. The molecule has 0 radical (unpaired) electrons. The maximum atomic E-state index is 12.9. The second-order valence-corrected chi connectivity index (χ2v) is 4.53. The van der Waals surface area contributed by atoms with Crippen molar-refractivity contribution in [2.45, 2.75) is 19.0 Å². The highest BCUT2D eigenvalue weighted by molar-refractivity contribution is 5.29. The Hall–Kier alpha value is -1.38. The average Bonchev–Trinajstić information content (AvgIpc) is 2.74. The van der Waals surface area contributed by atoms with Crippen LogP contribution in [0.2, 0.25) is 0 Å². The number of aliphatic hydroxyl groups excluding tert-OH is 1. The molecule has 18 heavy (non-hydrogen) atoms. The van der Waals surface area contributed by atoms with Crippen molar-refractivity contribution in [2.24, 2.45) is 12.5 Å². The van der Waals surface area contributed by atoms with E-state index in [1.54, 1.807) is 11.9 Å². The van der Waals surface area contributed by atoms with E-state index in [4.69, 9.17) is 5.11 Å². The van der Waals surface area contributed by atoms with Crippen LogP contribution in [0.4, 0.5) is 19.1 Å². The lowest BCUT2D eigenvalue weighted by Gasteiger charge is -2.41. The SMILES string of the molecule is Cn1nnnc1N1CCC(CO)(C(F)(F)F)CC1. The van der Waals surface area contributed by atoms with Gasteiger partial charge in [0.2, 0.25) is 5.95 Å². The summed E-state index contributed by atoms with van der Waals surface area (Å²) in [5.41, 5.74) is -1.99. The average molecular weight is 265 g/mol. The zero-order chi connectivity index (χ0) is 13.4. The minimum Gasteiger partial charge on any atom is -0.395 e. The number of alkyl halides is 3. The zero-order valence-corrected chi connectivity index (χ0v) is 9.85. The Labute approximate surface area is 101 Å². The molecule has 0 bridgehead atoms. The fraction of sp³-hybridized carbons (Fsp3) is 0.889. The van der Waals surface area contributed by atoms with Gasteiger partial charge in [-0.25, -0.2) is 4.68 Å². The molecule has 1 aromatic heterocycles. The van der Waals surface area contributed by atoms with Gasteiger partial charge in [0.15, 0.2) is 0 Å². The van der Waals surface area contributed by atoms with E-state index in [1.807, 2.05) is 0 Å². The highest BCUT2D eigenvalue weighted by Crippen LogP contribution is 2.46. The Morgan fingerprint density at radius 2 is 1.94 bits per heavy atom. The molecule has 9 heteroatoms. The van der Waals surface area contributed by atoms with E-state index in [0.29, 0.717) is 5.95 Å². The van der Waals surface area contributed by atoms with Crippen molar-refractivity contribution in [1.82, 2.24) is 20.2 Å². The second-order valence-electron chi connectivity index (χ2n) is 4.53. The van der Waals surface area contributed by atoms with Gasteiger partial charge >= 0.3 is 6.18 Å². The number of aryl methyl sites for hydroxylation is 1. The zero-order valence-electron chi connectivity index (χ0n) is 9.85. The van der Waals surface area contributed by atoms with Gasteiger partial charge in [-0.15, -0.1) is 0 Å². The third kappa shape index (κ3) is 2.02. The second kappa shape index (κ2) is 4.38. The summed E-state index contributed by atoms with van der Waals surface area (Å²) in [7, 11) is 1.63. The third-order valence-electron chi connectivity index (χ3n) is 3.51. The number of aromatic nitrogens is 4. The molecule has 1 aliphatic heterocycles. The third-order valence-corrected chi connectivity index (χ3v) is 3.51. The molecule has 1 aromatic rings. The highest BCUT2D eigenvalue weighted by atomic mass is 19.4. The molecule has 0 amide bonds. The minimum atomic E-state index is -4.38. The Morgan fingerprint density at radius 1 is 1.33 bits per heavy atom. The molecule has 0 aromatic carbocycles. The molecule has 102 valence electrons. The number of nitrogens with zero attached hydrogens (tertiary/aromatic N) is 5. The van der Waals surface area contributed by atoms with Crippen LogP contribution in [-0.2, 0) is 7.05 Å². The summed E-state index contributed by atoms with van der Waals surface area (Å²) >= 11 is 0. The maximum Gasteiger partial charge on any atom is 0.396 e. The normalized spacial score (nSPS) is 20.2. The smallest absolute Gasteiger partial charge is 0.395 e. The fourth-order valence-electron chi connectivity index (χ4n) is 2.16. The highest BCUT2D eigenvalue weighted by Gasteiger charge is 2.55. The summed E-state index contributed by atoms with van der Waals surface area (Å²) in [5, 5.41) is 19.9. The summed E-state index contributed by atoms with van der Waals surface area (Å²) < 4.78 is 40.2. The van der Waals surface area contributed by atoms with E-state index in [2.05, 4.69) is 15.5 Å². The topological polar surface area (TPSA) is 67.1 Å². The summed E-state index contributed by atoms with van der Waals surface area (Å²) in [5.74, 6) is 0.448. The van der Waals surface area contributed by atoms with Gasteiger partial charge in [-0.05, 0) is 23.3 Å². The van der Waals surface area contributed by atoms with Crippen LogP contribution in [0.25, 0.3) is 0 Å². The quantitative estimate of drug-likeness (QED) is 0.835. The lowest BCUT2D eigenvalue weighted by molar-refractivity contribution is -0.242. The monoisotopic (exact) mass is 265 g/mol. The molecule has 0 saturated carbocycles. The minimum absolute atomic E-state index is 0.153. The Morgan fingerprint density at radius 3 is 2.33 bits per heavy atom. The van der Waals surface area contributed by atoms with Gasteiger partial charge in [0.1, 0.15) is 0 Å². The van der Waals surface area contributed by atoms with Gasteiger partial charge in [0.05, 0.1) is 12.0 Å². The van der Waals surface area contributed by atoms with Crippen LogP contribution >= 0.6 is 0 Å². The van der Waals surface area contributed by atoms with Crippen LogP contribution in [0, 0.1) is 5.41 Å². The summed E-state index contributed by atoms with van der Waals surface area (Å²) in [6.45, 7) is -0.524. The molecule has 1 aliphatic rings. The van der Waals surface area contributed by atoms with E-state index in [-0.39, 0.29) is 25.9 Å². The molecule has 1 N–H and O–H groups in total. The molecule has 1 saturated heterocycles. The van der Waals surface area contributed by atoms with Crippen molar-refractivity contribution in [3.05, 3.63) is 0 Å². The van der Waals surface area contributed by atoms with Gasteiger partial charge in [-0.3, -0.25) is 0 Å². The van der Waals surface area contributed by atoms with E-state index in [1.165, 1.54) is 4.68 Å². The number of halogens is 3. The van der Waals surface area contributed by atoms with Gasteiger partial charge in [0.25, 0.3) is 0 Å². The fourth-order valence-corrected chi connectivity index (χ4v) is 2.16. The number of hydrogen-bond acceptors (Lipinski definition) is 5. The van der Waals surface area contributed by atoms with Crippen molar-refractivity contribution in [1.29, 1.82) is 0 Å². The maximum absolute atomic E-state index is 12.9. The predicted octanol–water partition coefficient (Wildman–Crippen LogP) is 0.351. The lowest BCUT2D eigenvalue weighted by Crippen LogP contribution is -2.50. The Kier molecular flexibility index (Phi) is 3.18. The molecule has 1 fully saturated rings. The standard InChI is InChI=1S/C9H14F3N5O/c1-16-7(13-14-15-16)17-4-2-8(6-18,3-5-17)9(10,11)12/h18H,2-6H2,1H3. The molecule has 0 spiro atoms. The number of hydrogen-bond donors (Lipinski definition) is 1. The Bertz CT molecular complexity index is 411. The number of aliphatic hydroxyl groups is 1. The molecule has 0 aliphatic carbocycles. The van der Waals surface area contributed by atoms with Crippen molar-refractivity contribution in [3.63, 3.8) is 0 Å². The van der Waals surface area contributed by atoms with Crippen LogP contribution in [0.1, 0.15) is 12.8 Å². The first-order valence-corrected chi connectivity index (χ1v) is 5.54. The van der Waals surface area contributed by atoms with Crippen LogP contribution in [0.5, 0.6) is 0 Å². The molecule has 2 heterocycles. The van der Waals surface area contributed by atoms with E-state index < -0.39 is 18.2 Å². The van der Waals surface area contributed by atoms with Crippen molar-refractivity contribution >= 4 is 5.95 Å². The van der Waals surface area contributed by atoms with Crippen LogP contribution < -0.4 is 4.90 Å². The van der Waals surface area contributed by atoms with Crippen molar-refractivity contribution < 1.29 is 18.3 Å². The molecular weight excluding hydrogens is 251 g/mol. The molecule has 2 rings (SSSR count). The largest absolute Gasteiger partial charge is 0.396 e. The van der Waals surface area contributed by atoms with E-state index in [9.17, 15) is 13.2 Å². The molecular formula is C9H14F3N5O. The summed E-state index contributed by atoms with van der Waals surface area (Å²) in [6.07, 6.45) is -4.69. The van der Waals surface area contributed by atoms with Crippen LogP contribution in [0.3, 0.4) is 0 Å². The lowest BCUT2D eigenvalue weighted by atomic mass is 9.78. The number of tetrazole rings is 1. The van der Waals surface area contributed by atoms with E-state index >= 15 is 0 Å². The first-order chi connectivity index (χ1) is 8.39. The predicted molar refractivity (Wildman–Crippen MR) is 55.8 cm³/mol. The van der Waals surface area contributed by atoms with Crippen LogP contribution in [-0.4, -0.2) is 51.2 Å². The van der Waals surface area contributed by atoms with Gasteiger partial charge in [0, 0.05) is 20.1 Å². The molecule has 0 atom stereocenters. The van der Waals surface area contributed by atoms with Gasteiger partial charge in [-0.2, -0.15) is 13.2 Å². The first-order valence-electron chi connectivity index (χ1n) is 5.54. The molecule has 6 nitrogen and oxygen atoms in total. The number of anilines is 1. The Balaban J connectivity index is 2.10. The molecule has 0 unspecified atom stereocenters. The number of piperidine rings is 1. The van der Waals surface area contributed by atoms with E-state index in [0.717, 1.165) is 0 Å².